The van der Waals surface area contributed by atoms with Crippen LogP contribution in [0.2, 0.25) is 0 Å². The minimum absolute atomic E-state index is 0.0278. The van der Waals surface area contributed by atoms with E-state index in [0.29, 0.717) is 24.2 Å². The number of piperazine rings is 1. The van der Waals surface area contributed by atoms with Crippen molar-refractivity contribution < 1.29 is 4.79 Å². The molecule has 1 atom stereocenters. The third-order valence-corrected chi connectivity index (χ3v) is 8.67. The molecule has 9 nitrogen and oxygen atoms in total. The quantitative estimate of drug-likeness (QED) is 0.570. The lowest BCUT2D eigenvalue weighted by Crippen LogP contribution is -2.52. The lowest BCUT2D eigenvalue weighted by atomic mass is 9.94. The number of anilines is 3. The summed E-state index contributed by atoms with van der Waals surface area (Å²) >= 11 is 0. The van der Waals surface area contributed by atoms with E-state index in [1.54, 1.807) is 0 Å². The summed E-state index contributed by atoms with van der Waals surface area (Å²) in [7, 11) is 0. The van der Waals surface area contributed by atoms with Crippen molar-refractivity contribution in [2.24, 2.45) is 5.92 Å². The molecule has 0 bridgehead atoms. The zero-order valence-corrected chi connectivity index (χ0v) is 20.9. The van der Waals surface area contributed by atoms with Crippen LogP contribution in [0.1, 0.15) is 55.9 Å². The predicted molar refractivity (Wildman–Crippen MR) is 140 cm³/mol. The number of pyridine rings is 1. The van der Waals surface area contributed by atoms with Crippen molar-refractivity contribution >= 4 is 34.4 Å². The van der Waals surface area contributed by atoms with Gasteiger partial charge in [0.1, 0.15) is 17.2 Å². The summed E-state index contributed by atoms with van der Waals surface area (Å²) in [5.74, 6) is 2.13. The lowest BCUT2D eigenvalue weighted by Gasteiger charge is -2.41. The number of carbonyl (C=O) groups is 1. The molecule has 0 aromatic carbocycles. The first-order valence-corrected chi connectivity index (χ1v) is 13.5. The van der Waals surface area contributed by atoms with E-state index in [9.17, 15) is 4.79 Å². The van der Waals surface area contributed by atoms with E-state index in [-0.39, 0.29) is 11.4 Å². The molecule has 1 amide bonds. The van der Waals surface area contributed by atoms with E-state index in [1.165, 1.54) is 32.2 Å². The first-order chi connectivity index (χ1) is 17.6. The second kappa shape index (κ2) is 8.44. The van der Waals surface area contributed by atoms with Crippen LogP contribution in [-0.2, 0) is 5.54 Å². The molecule has 3 aromatic rings. The van der Waals surface area contributed by atoms with E-state index in [1.807, 2.05) is 24.5 Å². The van der Waals surface area contributed by atoms with Gasteiger partial charge in [0, 0.05) is 50.3 Å². The lowest BCUT2D eigenvalue weighted by molar-refractivity contribution is 0.0876. The van der Waals surface area contributed by atoms with E-state index in [0.717, 1.165) is 60.9 Å². The number of hydrogen-bond acceptors (Lipinski definition) is 7. The highest BCUT2D eigenvalue weighted by Gasteiger charge is 2.42. The predicted octanol–water partition coefficient (Wildman–Crippen LogP) is 3.50. The average molecular weight is 487 g/mol. The summed E-state index contributed by atoms with van der Waals surface area (Å²) in [6.07, 6.45) is 11.0. The number of amides is 1. The molecule has 2 N–H and O–H groups in total. The Bertz CT molecular complexity index is 1290. The number of aromatic nitrogens is 4. The molecule has 3 fully saturated rings. The fourth-order valence-electron chi connectivity index (χ4n) is 6.44. The maximum absolute atomic E-state index is 12.6. The van der Waals surface area contributed by atoms with Crippen LogP contribution in [0, 0.1) is 5.92 Å². The van der Waals surface area contributed by atoms with Crippen LogP contribution in [0.15, 0.2) is 30.6 Å². The van der Waals surface area contributed by atoms with Crippen molar-refractivity contribution in [3.05, 3.63) is 36.3 Å². The number of nitrogens with zero attached hydrogens (tertiary/aromatic N) is 6. The molecule has 188 valence electrons. The van der Waals surface area contributed by atoms with Crippen LogP contribution in [-0.4, -0.2) is 69.1 Å². The summed E-state index contributed by atoms with van der Waals surface area (Å²) in [5.41, 5.74) is 2.60. The molecule has 36 heavy (non-hydrogen) atoms. The van der Waals surface area contributed by atoms with Gasteiger partial charge in [0.25, 0.3) is 5.91 Å². The SMILES string of the molecule is CC1CN(c2ccc(Nc3ncc4cc5n(c4n3)C3(CCCC3)CNC5=O)nc2)CCN1CC1CC1. The number of hydrogen-bond donors (Lipinski definition) is 2. The topological polar surface area (TPSA) is 91.2 Å². The van der Waals surface area contributed by atoms with Crippen molar-refractivity contribution in [1.29, 1.82) is 0 Å². The average Bonchev–Trinajstić information content (AvgIpc) is 3.43. The molecule has 3 aromatic heterocycles. The highest BCUT2D eigenvalue weighted by Crippen LogP contribution is 2.41. The third kappa shape index (κ3) is 3.80. The van der Waals surface area contributed by atoms with Crippen LogP contribution in [0.25, 0.3) is 11.0 Å². The highest BCUT2D eigenvalue weighted by molar-refractivity contribution is 5.99. The van der Waals surface area contributed by atoms with Gasteiger partial charge in [0.15, 0.2) is 0 Å². The van der Waals surface area contributed by atoms with Gasteiger partial charge < -0.3 is 20.1 Å². The van der Waals surface area contributed by atoms with Gasteiger partial charge in [-0.3, -0.25) is 9.69 Å². The Morgan fingerprint density at radius 3 is 2.75 bits per heavy atom. The molecule has 4 aliphatic rings. The summed E-state index contributed by atoms with van der Waals surface area (Å²) in [4.78, 5) is 31.7. The molecule has 2 aliphatic heterocycles. The number of carbonyl (C=O) groups excluding carboxylic acids is 1. The second-order valence-electron chi connectivity index (χ2n) is 11.2. The Morgan fingerprint density at radius 1 is 1.14 bits per heavy atom. The van der Waals surface area contributed by atoms with Crippen LogP contribution >= 0.6 is 0 Å². The second-order valence-corrected chi connectivity index (χ2v) is 11.2. The van der Waals surface area contributed by atoms with Gasteiger partial charge in [-0.05, 0) is 56.7 Å². The van der Waals surface area contributed by atoms with Crippen LogP contribution < -0.4 is 15.5 Å². The van der Waals surface area contributed by atoms with Gasteiger partial charge in [-0.15, -0.1) is 0 Å². The summed E-state index contributed by atoms with van der Waals surface area (Å²) in [5, 5.41) is 7.28. The number of fused-ring (bicyclic) bond motifs is 4. The molecular weight excluding hydrogens is 452 g/mol. The zero-order chi connectivity index (χ0) is 24.3. The van der Waals surface area contributed by atoms with Gasteiger partial charge >= 0.3 is 0 Å². The van der Waals surface area contributed by atoms with Crippen LogP contribution in [0.3, 0.4) is 0 Å². The van der Waals surface area contributed by atoms with Crippen molar-refractivity contribution in [3.63, 3.8) is 0 Å². The largest absolute Gasteiger partial charge is 0.367 e. The fraction of sp³-hybridized carbons (Fsp3) is 0.556. The molecule has 7 rings (SSSR count). The molecule has 2 aliphatic carbocycles. The van der Waals surface area contributed by atoms with Crippen LogP contribution in [0.4, 0.5) is 17.5 Å². The molecule has 1 spiro atoms. The van der Waals surface area contributed by atoms with E-state index in [2.05, 4.69) is 48.0 Å². The van der Waals surface area contributed by atoms with Crippen molar-refractivity contribution in [2.45, 2.75) is 57.0 Å². The summed E-state index contributed by atoms with van der Waals surface area (Å²) in [6, 6.07) is 6.62. The maximum atomic E-state index is 12.6. The maximum Gasteiger partial charge on any atom is 0.268 e. The first kappa shape index (κ1) is 22.0. The van der Waals surface area contributed by atoms with Crippen LogP contribution in [0.5, 0.6) is 0 Å². The Balaban J connectivity index is 1.09. The smallest absolute Gasteiger partial charge is 0.268 e. The monoisotopic (exact) mass is 486 g/mol. The highest BCUT2D eigenvalue weighted by atomic mass is 16.2. The van der Waals surface area contributed by atoms with E-state index in [4.69, 9.17) is 4.98 Å². The molecule has 1 unspecified atom stereocenters. The Kier molecular flexibility index (Phi) is 5.16. The molecule has 0 radical (unpaired) electrons. The zero-order valence-electron chi connectivity index (χ0n) is 20.9. The number of rotatable bonds is 5. The Morgan fingerprint density at radius 2 is 2.00 bits per heavy atom. The molecule has 5 heterocycles. The molecule has 1 saturated heterocycles. The van der Waals surface area contributed by atoms with E-state index >= 15 is 0 Å². The van der Waals surface area contributed by atoms with E-state index < -0.39 is 0 Å². The molecular formula is C27H34N8O. The summed E-state index contributed by atoms with van der Waals surface area (Å²) in [6.45, 7) is 7.47. The minimum atomic E-state index is -0.0731. The summed E-state index contributed by atoms with van der Waals surface area (Å²) < 4.78 is 2.18. The third-order valence-electron chi connectivity index (χ3n) is 8.67. The normalized spacial score (nSPS) is 23.8. The minimum Gasteiger partial charge on any atom is -0.367 e. The van der Waals surface area contributed by atoms with Crippen molar-refractivity contribution in [3.8, 4) is 0 Å². The standard InChI is InChI=1S/C27H34N8O/c1-18-15-34(11-10-33(18)16-19-4-5-19)21-6-7-23(28-14-21)31-26-29-13-20-12-22-25(36)30-17-27(8-2-3-9-27)35(22)24(20)32-26/h6-7,12-14,18-19H,2-5,8-11,15-17H2,1H3,(H,30,36)(H,28,29,31,32). The van der Waals surface area contributed by atoms with Gasteiger partial charge in [0.05, 0.1) is 17.4 Å². The first-order valence-electron chi connectivity index (χ1n) is 13.5. The number of nitrogens with one attached hydrogen (secondary N) is 2. The Labute approximate surface area is 211 Å². The fourth-order valence-corrected chi connectivity index (χ4v) is 6.44. The Hall–Kier alpha value is -3.20. The van der Waals surface area contributed by atoms with Gasteiger partial charge in [-0.1, -0.05) is 12.8 Å². The van der Waals surface area contributed by atoms with Crippen molar-refractivity contribution in [1.82, 2.24) is 29.7 Å². The van der Waals surface area contributed by atoms with Crippen molar-refractivity contribution in [2.75, 3.05) is 42.9 Å². The van der Waals surface area contributed by atoms with Gasteiger partial charge in [0.2, 0.25) is 5.95 Å². The van der Waals surface area contributed by atoms with Gasteiger partial charge in [-0.2, -0.15) is 4.98 Å². The van der Waals surface area contributed by atoms with Gasteiger partial charge in [-0.25, -0.2) is 9.97 Å². The molecule has 2 saturated carbocycles. The molecule has 9 heteroatoms.